The van der Waals surface area contributed by atoms with Crippen molar-refractivity contribution in [1.82, 2.24) is 9.88 Å². The van der Waals surface area contributed by atoms with Crippen LogP contribution in [0.4, 0.5) is 26.3 Å². The Morgan fingerprint density at radius 2 is 1.69 bits per heavy atom. The largest absolute Gasteiger partial charge is 0.490 e. The van der Waals surface area contributed by atoms with E-state index in [0.29, 0.717) is 35.5 Å². The highest BCUT2D eigenvalue weighted by molar-refractivity contribution is 9.11. The van der Waals surface area contributed by atoms with Crippen LogP contribution in [0, 0.1) is 12.8 Å². The molecular formula is C16H17BrF6N4O4S. The number of alkyl halides is 6. The number of aromatic nitrogens is 1. The molecule has 2 aliphatic rings. The summed E-state index contributed by atoms with van der Waals surface area (Å²) in [4.78, 5) is 27.5. The van der Waals surface area contributed by atoms with Gasteiger partial charge >= 0.3 is 24.3 Å². The van der Waals surface area contributed by atoms with Gasteiger partial charge in [-0.2, -0.15) is 26.3 Å². The number of rotatable bonds is 5. The highest BCUT2D eigenvalue weighted by Gasteiger charge is 2.64. The maximum Gasteiger partial charge on any atom is 0.490 e. The zero-order chi connectivity index (χ0) is 24.5. The first-order valence-corrected chi connectivity index (χ1v) is 10.6. The normalized spacial score (nSPS) is 19.8. The number of halogens is 7. The van der Waals surface area contributed by atoms with Crippen molar-refractivity contribution in [1.29, 1.82) is 0 Å². The van der Waals surface area contributed by atoms with Gasteiger partial charge in [0.2, 0.25) is 0 Å². The van der Waals surface area contributed by atoms with E-state index < -0.39 is 36.0 Å². The van der Waals surface area contributed by atoms with E-state index in [4.69, 9.17) is 9.90 Å². The van der Waals surface area contributed by atoms with Crippen molar-refractivity contribution in [3.63, 3.8) is 0 Å². The van der Waals surface area contributed by atoms with E-state index in [9.17, 15) is 36.2 Å². The summed E-state index contributed by atoms with van der Waals surface area (Å²) in [5.41, 5.74) is -1.73. The quantitative estimate of drug-likeness (QED) is 0.505. The molecule has 0 aliphatic carbocycles. The molecule has 0 aromatic carbocycles. The third kappa shape index (κ3) is 6.37. The molecule has 8 nitrogen and oxygen atoms in total. The lowest BCUT2D eigenvalue weighted by atomic mass is 9.87. The number of likely N-dealkylation sites (tertiary alicyclic amines) is 1. The molecule has 1 unspecified atom stereocenters. The molecule has 1 atom stereocenters. The van der Waals surface area contributed by atoms with E-state index in [-0.39, 0.29) is 12.3 Å². The molecule has 0 saturated carbocycles. The van der Waals surface area contributed by atoms with Gasteiger partial charge in [0.05, 0.1) is 5.69 Å². The van der Waals surface area contributed by atoms with Gasteiger partial charge in [-0.05, 0) is 54.7 Å². The number of piperidine rings is 1. The first-order chi connectivity index (χ1) is 14.6. The second-order valence-corrected chi connectivity index (χ2v) is 9.63. The van der Waals surface area contributed by atoms with Crippen LogP contribution in [0.25, 0.3) is 0 Å². The summed E-state index contributed by atoms with van der Waals surface area (Å²) in [6.07, 6.45) is -8.71. The number of hydrogen-bond donors (Lipinski definition) is 2. The third-order valence-electron chi connectivity index (χ3n) is 4.92. The minimum atomic E-state index is -5.08. The highest BCUT2D eigenvalue weighted by Crippen LogP contribution is 2.49. The lowest BCUT2D eigenvalue weighted by Crippen LogP contribution is -2.42. The van der Waals surface area contributed by atoms with E-state index in [1.807, 2.05) is 6.92 Å². The number of aryl methyl sites for hydroxylation is 1. The van der Waals surface area contributed by atoms with E-state index in [1.165, 1.54) is 11.3 Å². The molecule has 1 aromatic heterocycles. The monoisotopic (exact) mass is 554 g/mol. The molecule has 1 fully saturated rings. The topological polar surface area (TPSA) is 115 Å². The average Bonchev–Trinajstić information content (AvgIpc) is 3.35. The van der Waals surface area contributed by atoms with Crippen LogP contribution < -0.4 is 0 Å². The maximum atomic E-state index is 12.9. The summed E-state index contributed by atoms with van der Waals surface area (Å²) in [6.45, 7) is 2.62. The zero-order valence-corrected chi connectivity index (χ0v) is 18.6. The molecule has 1 saturated heterocycles. The van der Waals surface area contributed by atoms with E-state index in [1.54, 1.807) is 4.90 Å². The summed E-state index contributed by atoms with van der Waals surface area (Å²) < 4.78 is 71.2. The first-order valence-electron chi connectivity index (χ1n) is 8.98. The molecule has 180 valence electrons. The Balaban J connectivity index is 0.000000451. The van der Waals surface area contributed by atoms with Crippen LogP contribution in [0.15, 0.2) is 14.1 Å². The van der Waals surface area contributed by atoms with Crippen molar-refractivity contribution < 1.29 is 46.1 Å². The van der Waals surface area contributed by atoms with Crippen LogP contribution in [-0.2, 0) is 9.59 Å². The van der Waals surface area contributed by atoms with Crippen molar-refractivity contribution >= 4 is 39.2 Å². The van der Waals surface area contributed by atoms with Gasteiger partial charge in [-0.3, -0.25) is 9.69 Å². The van der Waals surface area contributed by atoms with Crippen molar-refractivity contribution in [3.05, 3.63) is 14.5 Å². The molecule has 2 N–H and O–H groups in total. The fraction of sp³-hybridized carbons (Fsp3) is 0.688. The Labute approximate surface area is 189 Å². The molecule has 2 aliphatic heterocycles. The Morgan fingerprint density at radius 1 is 1.19 bits per heavy atom. The van der Waals surface area contributed by atoms with Crippen LogP contribution in [0.1, 0.15) is 35.9 Å². The highest BCUT2D eigenvalue weighted by atomic mass is 79.9. The number of thiazole rings is 1. The Kier molecular flexibility index (Phi) is 7.92. The van der Waals surface area contributed by atoms with Gasteiger partial charge in [-0.25, -0.2) is 9.78 Å². The second-order valence-electron chi connectivity index (χ2n) is 7.15. The summed E-state index contributed by atoms with van der Waals surface area (Å²) >= 11 is 4.63. The van der Waals surface area contributed by atoms with Crippen molar-refractivity contribution in [3.8, 4) is 0 Å². The minimum absolute atomic E-state index is 0.149. The van der Waals surface area contributed by atoms with Crippen LogP contribution >= 0.6 is 27.3 Å². The predicted octanol–water partition coefficient (Wildman–Crippen LogP) is 4.80. The van der Waals surface area contributed by atoms with E-state index in [0.717, 1.165) is 4.88 Å². The van der Waals surface area contributed by atoms with Gasteiger partial charge in [0, 0.05) is 11.3 Å². The SMILES string of the molecule is Cc1sc(Br)nc1C(C(=O)O)N1CCC(CC2(C(F)(F)F)N=N2)CC1.O=C(O)C(F)(F)F. The van der Waals surface area contributed by atoms with Gasteiger partial charge < -0.3 is 10.2 Å². The van der Waals surface area contributed by atoms with Gasteiger partial charge in [0.15, 0.2) is 9.96 Å². The average molecular weight is 555 g/mol. The first kappa shape index (κ1) is 26.4. The lowest BCUT2D eigenvalue weighted by molar-refractivity contribution is -0.192. The van der Waals surface area contributed by atoms with Crippen LogP contribution in [0.2, 0.25) is 0 Å². The summed E-state index contributed by atoms with van der Waals surface area (Å²) in [7, 11) is 0. The maximum absolute atomic E-state index is 12.9. The van der Waals surface area contributed by atoms with Gasteiger partial charge in [0.1, 0.15) is 0 Å². The standard InChI is InChI=1S/C14H16BrF3N4O2S.C2HF3O2/c1-7-9(19-12(15)25-7)10(11(23)24)22-4-2-8(3-5-22)6-13(20-21-13)14(16,17)18;3-2(4,5)1(6)7/h8,10H,2-6H2,1H3,(H,23,24);(H,6,7). The Hall–Kier alpha value is -1.81. The van der Waals surface area contributed by atoms with Crippen LogP contribution in [0.3, 0.4) is 0 Å². The van der Waals surface area contributed by atoms with Crippen LogP contribution in [0.5, 0.6) is 0 Å². The summed E-state index contributed by atoms with van der Waals surface area (Å²) in [5.74, 6) is -3.93. The van der Waals surface area contributed by atoms with Gasteiger partial charge in [-0.15, -0.1) is 21.6 Å². The zero-order valence-electron chi connectivity index (χ0n) is 16.2. The number of carboxylic acid groups (broad SMARTS) is 2. The smallest absolute Gasteiger partial charge is 0.480 e. The Bertz CT molecular complexity index is 877. The number of aliphatic carboxylic acids is 2. The van der Waals surface area contributed by atoms with Crippen molar-refractivity contribution in [2.75, 3.05) is 13.1 Å². The van der Waals surface area contributed by atoms with E-state index in [2.05, 4.69) is 31.1 Å². The molecule has 32 heavy (non-hydrogen) atoms. The van der Waals surface area contributed by atoms with Gasteiger partial charge in [0.25, 0.3) is 5.66 Å². The second kappa shape index (κ2) is 9.59. The fourth-order valence-corrected chi connectivity index (χ4v) is 4.84. The van der Waals surface area contributed by atoms with Crippen molar-refractivity contribution in [2.45, 2.75) is 50.2 Å². The summed E-state index contributed by atoms with van der Waals surface area (Å²) in [5, 5.41) is 23.2. The fourth-order valence-electron chi connectivity index (χ4n) is 3.26. The number of nitrogens with zero attached hydrogens (tertiary/aromatic N) is 4. The van der Waals surface area contributed by atoms with Gasteiger partial charge in [-0.1, -0.05) is 0 Å². The third-order valence-corrected chi connectivity index (χ3v) is 6.36. The molecule has 0 spiro atoms. The Morgan fingerprint density at radius 3 is 2.00 bits per heavy atom. The summed E-state index contributed by atoms with van der Waals surface area (Å²) in [6, 6.07) is -0.879. The lowest BCUT2D eigenvalue weighted by Gasteiger charge is -2.36. The van der Waals surface area contributed by atoms with E-state index >= 15 is 0 Å². The predicted molar refractivity (Wildman–Crippen MR) is 101 cm³/mol. The van der Waals surface area contributed by atoms with Crippen LogP contribution in [-0.4, -0.2) is 63.1 Å². The molecule has 0 bridgehead atoms. The van der Waals surface area contributed by atoms with Crippen molar-refractivity contribution in [2.24, 2.45) is 16.1 Å². The minimum Gasteiger partial charge on any atom is -0.480 e. The molecule has 0 amide bonds. The molecule has 16 heteroatoms. The molecule has 3 heterocycles. The molecule has 1 aromatic rings. The number of carbonyl (C=O) groups is 2. The number of hydrogen-bond acceptors (Lipinski definition) is 7. The molecule has 0 radical (unpaired) electrons. The molecule has 3 rings (SSSR count). The number of carboxylic acids is 2. The molecular weight excluding hydrogens is 538 g/mol.